The minimum Gasteiger partial charge on any atom is -0.378 e. The van der Waals surface area contributed by atoms with Crippen molar-refractivity contribution in [3.05, 3.63) is 76.7 Å². The minimum absolute atomic E-state index is 0.290. The number of likely N-dealkylation sites (N-methyl/N-ethyl adjacent to an activating group) is 1. The van der Waals surface area contributed by atoms with Gasteiger partial charge in [0.25, 0.3) is 5.56 Å². The molecule has 2 fully saturated rings. The number of halogens is 3. The van der Waals surface area contributed by atoms with Crippen LogP contribution in [0.15, 0.2) is 65.6 Å². The second-order valence-electron chi connectivity index (χ2n) is 10.6. The number of aromatic amines is 1. The molecule has 220 valence electrons. The third-order valence-electron chi connectivity index (χ3n) is 8.02. The molecule has 0 spiro atoms. The quantitative estimate of drug-likeness (QED) is 0.320. The Bertz CT molecular complexity index is 1610. The Morgan fingerprint density at radius 2 is 1.69 bits per heavy atom. The normalized spacial score (nSPS) is 16.7. The van der Waals surface area contributed by atoms with Crippen LogP contribution >= 0.6 is 0 Å². The molecule has 42 heavy (non-hydrogen) atoms. The van der Waals surface area contributed by atoms with Crippen LogP contribution in [0.2, 0.25) is 0 Å². The predicted octanol–water partition coefficient (Wildman–Crippen LogP) is 5.33. The molecule has 6 rings (SSSR count). The monoisotopic (exact) mass is 578 g/mol. The zero-order valence-electron chi connectivity index (χ0n) is 23.4. The highest BCUT2D eigenvalue weighted by molar-refractivity contribution is 6.03. The van der Waals surface area contributed by atoms with Crippen molar-refractivity contribution in [2.24, 2.45) is 0 Å². The number of pyridine rings is 2. The molecule has 0 radical (unpaired) electrons. The number of morpholine rings is 1. The number of piperazine rings is 1. The molecule has 0 saturated carbocycles. The molecule has 2 aromatic carbocycles. The first-order valence-corrected chi connectivity index (χ1v) is 14.2. The number of alkyl halides is 3. The summed E-state index contributed by atoms with van der Waals surface area (Å²) in [5, 5.41) is 4.17. The van der Waals surface area contributed by atoms with Crippen LogP contribution in [-0.4, -0.2) is 73.9 Å². The van der Waals surface area contributed by atoms with Gasteiger partial charge in [-0.2, -0.15) is 13.2 Å². The minimum atomic E-state index is -4.49. The van der Waals surface area contributed by atoms with Crippen LogP contribution in [0.25, 0.3) is 21.9 Å². The molecule has 11 heteroatoms. The number of aromatic nitrogens is 2. The highest BCUT2D eigenvalue weighted by atomic mass is 19.4. The molecule has 2 aromatic heterocycles. The zero-order valence-corrected chi connectivity index (χ0v) is 23.4. The molecule has 4 heterocycles. The number of anilines is 4. The standard InChI is InChI=1S/C31H33F3N6O2/c1-2-38-10-12-40(13-11-38)27-19-25-26(21-4-3-5-22(18-21)31(32,33)34)20-35-30(41)28(25)29(37-27)36-23-6-8-24(9-7-23)39-14-16-42-17-15-39/h3-9,18-20H,2,10-17H2,1H3,(H,35,41)(H,36,37). The van der Waals surface area contributed by atoms with E-state index in [1.807, 2.05) is 30.3 Å². The summed E-state index contributed by atoms with van der Waals surface area (Å²) in [5.74, 6) is 1.03. The summed E-state index contributed by atoms with van der Waals surface area (Å²) in [7, 11) is 0. The van der Waals surface area contributed by atoms with Crippen LogP contribution in [0, 0.1) is 0 Å². The first-order chi connectivity index (χ1) is 20.3. The Balaban J connectivity index is 1.44. The molecule has 2 aliphatic heterocycles. The summed E-state index contributed by atoms with van der Waals surface area (Å²) < 4.78 is 46.2. The second kappa shape index (κ2) is 11.7. The molecule has 4 aromatic rings. The molecule has 8 nitrogen and oxygen atoms in total. The second-order valence-corrected chi connectivity index (χ2v) is 10.6. The third-order valence-corrected chi connectivity index (χ3v) is 8.02. The number of nitrogens with zero attached hydrogens (tertiary/aromatic N) is 4. The van der Waals surface area contributed by atoms with Crippen LogP contribution in [0.1, 0.15) is 12.5 Å². The molecular weight excluding hydrogens is 545 g/mol. The van der Waals surface area contributed by atoms with Crippen molar-refractivity contribution in [1.82, 2.24) is 14.9 Å². The lowest BCUT2D eigenvalue weighted by molar-refractivity contribution is -0.137. The largest absolute Gasteiger partial charge is 0.416 e. The topological polar surface area (TPSA) is 76.7 Å². The van der Waals surface area contributed by atoms with E-state index in [1.165, 1.54) is 12.3 Å². The smallest absolute Gasteiger partial charge is 0.378 e. The predicted molar refractivity (Wildman–Crippen MR) is 160 cm³/mol. The summed E-state index contributed by atoms with van der Waals surface area (Å²) in [5.41, 5.74) is 1.56. The number of ether oxygens (including phenoxy) is 1. The highest BCUT2D eigenvalue weighted by Crippen LogP contribution is 2.37. The van der Waals surface area contributed by atoms with E-state index in [2.05, 4.69) is 31.9 Å². The molecule has 0 amide bonds. The Hall–Kier alpha value is -4.09. The van der Waals surface area contributed by atoms with Crippen molar-refractivity contribution < 1.29 is 17.9 Å². The van der Waals surface area contributed by atoms with Gasteiger partial charge in [-0.1, -0.05) is 19.1 Å². The van der Waals surface area contributed by atoms with Crippen LogP contribution in [0.5, 0.6) is 0 Å². The fourth-order valence-electron chi connectivity index (χ4n) is 5.62. The zero-order chi connectivity index (χ0) is 29.3. The number of benzene rings is 2. The Morgan fingerprint density at radius 3 is 2.38 bits per heavy atom. The lowest BCUT2D eigenvalue weighted by atomic mass is 9.99. The Kier molecular flexibility index (Phi) is 7.78. The number of H-pyrrole nitrogens is 1. The van der Waals surface area contributed by atoms with Crippen LogP contribution in [0.3, 0.4) is 0 Å². The van der Waals surface area contributed by atoms with E-state index in [-0.39, 0.29) is 10.9 Å². The highest BCUT2D eigenvalue weighted by Gasteiger charge is 2.31. The van der Waals surface area contributed by atoms with E-state index in [0.29, 0.717) is 41.4 Å². The van der Waals surface area contributed by atoms with E-state index in [9.17, 15) is 18.0 Å². The molecule has 2 saturated heterocycles. The lowest BCUT2D eigenvalue weighted by Gasteiger charge is -2.35. The lowest BCUT2D eigenvalue weighted by Crippen LogP contribution is -2.46. The fourth-order valence-corrected chi connectivity index (χ4v) is 5.62. The fraction of sp³-hybridized carbons (Fsp3) is 0.355. The van der Waals surface area contributed by atoms with Crippen molar-refractivity contribution in [3.63, 3.8) is 0 Å². The third kappa shape index (κ3) is 5.79. The molecule has 0 aliphatic carbocycles. The van der Waals surface area contributed by atoms with Gasteiger partial charge >= 0.3 is 6.18 Å². The number of hydrogen-bond acceptors (Lipinski definition) is 7. The summed E-state index contributed by atoms with van der Waals surface area (Å²) in [4.78, 5) is 27.7. The van der Waals surface area contributed by atoms with E-state index < -0.39 is 11.7 Å². The summed E-state index contributed by atoms with van der Waals surface area (Å²) in [6, 6.07) is 14.9. The van der Waals surface area contributed by atoms with Gasteiger partial charge in [-0.05, 0) is 54.6 Å². The van der Waals surface area contributed by atoms with Gasteiger partial charge in [0.15, 0.2) is 0 Å². The Morgan fingerprint density at radius 1 is 0.952 bits per heavy atom. The molecule has 0 atom stereocenters. The van der Waals surface area contributed by atoms with Crippen LogP contribution < -0.4 is 20.7 Å². The molecule has 2 aliphatic rings. The van der Waals surface area contributed by atoms with Gasteiger partial charge in [0.05, 0.1) is 24.2 Å². The summed E-state index contributed by atoms with van der Waals surface area (Å²) in [6.07, 6.45) is -3.00. The van der Waals surface area contributed by atoms with E-state index >= 15 is 0 Å². The molecule has 0 unspecified atom stereocenters. The molecule has 2 N–H and O–H groups in total. The van der Waals surface area contributed by atoms with Crippen LogP contribution in [-0.2, 0) is 10.9 Å². The maximum atomic E-state index is 13.6. The van der Waals surface area contributed by atoms with Crippen molar-refractivity contribution in [3.8, 4) is 11.1 Å². The van der Waals surface area contributed by atoms with Gasteiger partial charge < -0.3 is 29.7 Å². The average molecular weight is 579 g/mol. The maximum Gasteiger partial charge on any atom is 0.416 e. The van der Waals surface area contributed by atoms with E-state index in [4.69, 9.17) is 9.72 Å². The number of hydrogen-bond donors (Lipinski definition) is 2. The van der Waals surface area contributed by atoms with Gasteiger partial charge in [0, 0.05) is 67.8 Å². The van der Waals surface area contributed by atoms with Crippen molar-refractivity contribution in [2.45, 2.75) is 13.1 Å². The first kappa shape index (κ1) is 28.0. The van der Waals surface area contributed by atoms with Crippen molar-refractivity contribution >= 4 is 33.8 Å². The van der Waals surface area contributed by atoms with Gasteiger partial charge in [-0.15, -0.1) is 0 Å². The molecular formula is C31H33F3N6O2. The number of nitrogens with one attached hydrogen (secondary N) is 2. The van der Waals surface area contributed by atoms with Gasteiger partial charge in [-0.3, -0.25) is 4.79 Å². The van der Waals surface area contributed by atoms with Gasteiger partial charge in [0.1, 0.15) is 11.6 Å². The van der Waals surface area contributed by atoms with Gasteiger partial charge in [-0.25, -0.2) is 4.98 Å². The average Bonchev–Trinajstić information content (AvgIpc) is 3.01. The summed E-state index contributed by atoms with van der Waals surface area (Å²) >= 11 is 0. The van der Waals surface area contributed by atoms with Gasteiger partial charge in [0.2, 0.25) is 0 Å². The summed E-state index contributed by atoms with van der Waals surface area (Å²) in [6.45, 7) is 9.35. The van der Waals surface area contributed by atoms with E-state index in [1.54, 1.807) is 6.07 Å². The van der Waals surface area contributed by atoms with Crippen molar-refractivity contribution in [1.29, 1.82) is 0 Å². The number of rotatable bonds is 6. The Labute approximate surface area is 241 Å². The SMILES string of the molecule is CCN1CCN(c2cc3c(-c4cccc(C(F)(F)F)c4)c[nH]c(=O)c3c(Nc3ccc(N4CCOCC4)cc3)n2)CC1. The molecule has 0 bridgehead atoms. The van der Waals surface area contributed by atoms with Crippen LogP contribution in [0.4, 0.5) is 36.2 Å². The first-order valence-electron chi connectivity index (χ1n) is 14.2. The maximum absolute atomic E-state index is 13.6. The number of fused-ring (bicyclic) bond motifs is 1. The van der Waals surface area contributed by atoms with Crippen molar-refractivity contribution in [2.75, 3.05) is 74.1 Å². The van der Waals surface area contributed by atoms with E-state index in [0.717, 1.165) is 69.3 Å².